The van der Waals surface area contributed by atoms with E-state index in [4.69, 9.17) is 10.5 Å². The lowest BCUT2D eigenvalue weighted by molar-refractivity contribution is -0.123. The fourth-order valence-electron chi connectivity index (χ4n) is 3.13. The van der Waals surface area contributed by atoms with E-state index in [0.29, 0.717) is 15.8 Å². The maximum atomic E-state index is 12.4. The predicted octanol–water partition coefficient (Wildman–Crippen LogP) is 3.61. The number of anilines is 1. The Bertz CT molecular complexity index is 871. The molecule has 2 aromatic heterocycles. The first-order valence-electron chi connectivity index (χ1n) is 8.89. The van der Waals surface area contributed by atoms with Crippen LogP contribution in [0.4, 0.5) is 5.00 Å². The van der Waals surface area contributed by atoms with E-state index >= 15 is 0 Å². The van der Waals surface area contributed by atoms with Gasteiger partial charge in [0.1, 0.15) is 9.88 Å². The average molecular weight is 407 g/mol. The minimum absolute atomic E-state index is 0.239. The first-order chi connectivity index (χ1) is 12.9. The summed E-state index contributed by atoms with van der Waals surface area (Å²) >= 11 is 2.64. The van der Waals surface area contributed by atoms with Gasteiger partial charge >= 0.3 is 5.97 Å². The number of carbonyl (C=O) groups excluding carboxylic acids is 3. The zero-order valence-corrected chi connectivity index (χ0v) is 16.9. The summed E-state index contributed by atoms with van der Waals surface area (Å²) in [6.45, 7) is 3.69. The molecule has 27 heavy (non-hydrogen) atoms. The van der Waals surface area contributed by atoms with Gasteiger partial charge in [0.2, 0.25) is 0 Å². The van der Waals surface area contributed by atoms with E-state index in [1.165, 1.54) is 40.0 Å². The predicted molar refractivity (Wildman–Crippen MR) is 106 cm³/mol. The van der Waals surface area contributed by atoms with Gasteiger partial charge in [0.05, 0.1) is 5.56 Å². The van der Waals surface area contributed by atoms with Gasteiger partial charge in [-0.1, -0.05) is 13.3 Å². The smallest absolute Gasteiger partial charge is 0.349 e. The van der Waals surface area contributed by atoms with Crippen molar-refractivity contribution in [3.63, 3.8) is 0 Å². The van der Waals surface area contributed by atoms with Crippen LogP contribution < -0.4 is 11.1 Å². The summed E-state index contributed by atoms with van der Waals surface area (Å²) in [6.07, 6.45) is 3.31. The van der Waals surface area contributed by atoms with Gasteiger partial charge in [-0.15, -0.1) is 22.7 Å². The molecule has 1 aliphatic rings. The fourth-order valence-corrected chi connectivity index (χ4v) is 5.02. The standard InChI is InChI=1S/C19H22N2O4S2/c1-3-11-4-5-14-12(8-11)9-15(27-14)19(24)25-10(2)17(23)21-18-13(16(20)22)6-7-26-18/h6-7,9-11H,3-5,8H2,1-2H3,(H2,20,22)(H,21,23)/t10-,11+/m0/s1. The van der Waals surface area contributed by atoms with Crippen LogP contribution in [0.3, 0.4) is 0 Å². The molecule has 6 nitrogen and oxygen atoms in total. The molecule has 0 saturated heterocycles. The lowest BCUT2D eigenvalue weighted by atomic mass is 9.87. The number of ether oxygens (including phenoxy) is 1. The minimum Gasteiger partial charge on any atom is -0.448 e. The third-order valence-electron chi connectivity index (χ3n) is 4.78. The third-order valence-corrected chi connectivity index (χ3v) is 6.83. The summed E-state index contributed by atoms with van der Waals surface area (Å²) in [4.78, 5) is 37.8. The molecule has 8 heteroatoms. The van der Waals surface area contributed by atoms with Gasteiger partial charge < -0.3 is 15.8 Å². The lowest BCUT2D eigenvalue weighted by Crippen LogP contribution is -2.30. The number of hydrogen-bond acceptors (Lipinski definition) is 6. The number of nitrogens with one attached hydrogen (secondary N) is 1. The molecule has 2 aromatic rings. The van der Waals surface area contributed by atoms with Crippen molar-refractivity contribution in [1.29, 1.82) is 0 Å². The normalized spacial score (nSPS) is 17.0. The first-order valence-corrected chi connectivity index (χ1v) is 10.6. The molecule has 144 valence electrons. The van der Waals surface area contributed by atoms with E-state index in [2.05, 4.69) is 12.2 Å². The molecule has 2 amide bonds. The van der Waals surface area contributed by atoms with Crippen LogP contribution in [0.5, 0.6) is 0 Å². The van der Waals surface area contributed by atoms with Crippen molar-refractivity contribution in [1.82, 2.24) is 0 Å². The van der Waals surface area contributed by atoms with Crippen molar-refractivity contribution in [2.24, 2.45) is 11.7 Å². The van der Waals surface area contributed by atoms with Crippen LogP contribution in [0, 0.1) is 5.92 Å². The number of hydrogen-bond donors (Lipinski definition) is 2. The van der Waals surface area contributed by atoms with Crippen molar-refractivity contribution < 1.29 is 19.1 Å². The van der Waals surface area contributed by atoms with E-state index in [9.17, 15) is 14.4 Å². The van der Waals surface area contributed by atoms with Crippen LogP contribution in [0.15, 0.2) is 17.5 Å². The van der Waals surface area contributed by atoms with E-state index in [0.717, 1.165) is 25.7 Å². The molecule has 0 radical (unpaired) electrons. The number of nitrogens with two attached hydrogens (primary N) is 1. The van der Waals surface area contributed by atoms with E-state index in [1.54, 1.807) is 11.4 Å². The summed E-state index contributed by atoms with van der Waals surface area (Å²) in [5.41, 5.74) is 6.74. The Hall–Kier alpha value is -2.19. The third kappa shape index (κ3) is 4.39. The molecule has 0 fully saturated rings. The van der Waals surface area contributed by atoms with Crippen LogP contribution in [0.25, 0.3) is 0 Å². The highest BCUT2D eigenvalue weighted by molar-refractivity contribution is 7.15. The summed E-state index contributed by atoms with van der Waals surface area (Å²) in [5, 5.41) is 4.61. The van der Waals surface area contributed by atoms with Gasteiger partial charge in [-0.05, 0) is 55.2 Å². The fraction of sp³-hybridized carbons (Fsp3) is 0.421. The van der Waals surface area contributed by atoms with Gasteiger partial charge in [-0.2, -0.15) is 0 Å². The van der Waals surface area contributed by atoms with Crippen LogP contribution in [0.2, 0.25) is 0 Å². The van der Waals surface area contributed by atoms with Gasteiger partial charge in [0, 0.05) is 4.88 Å². The second-order valence-electron chi connectivity index (χ2n) is 6.64. The zero-order chi connectivity index (χ0) is 19.6. The number of primary amides is 1. The minimum atomic E-state index is -0.983. The summed E-state index contributed by atoms with van der Waals surface area (Å²) in [5.74, 6) is -0.941. The maximum Gasteiger partial charge on any atom is 0.349 e. The molecule has 0 spiro atoms. The molecular formula is C19H22N2O4S2. The van der Waals surface area contributed by atoms with Crippen LogP contribution in [-0.4, -0.2) is 23.9 Å². The molecule has 0 saturated carbocycles. The van der Waals surface area contributed by atoms with E-state index in [1.807, 2.05) is 6.07 Å². The largest absolute Gasteiger partial charge is 0.448 e. The highest BCUT2D eigenvalue weighted by atomic mass is 32.1. The Balaban J connectivity index is 1.62. The molecule has 2 heterocycles. The van der Waals surface area contributed by atoms with Crippen LogP contribution in [-0.2, 0) is 22.4 Å². The topological polar surface area (TPSA) is 98.5 Å². The monoisotopic (exact) mass is 406 g/mol. The first kappa shape index (κ1) is 19.6. The van der Waals surface area contributed by atoms with E-state index < -0.39 is 23.9 Å². The molecule has 0 aliphatic heterocycles. The molecule has 3 rings (SSSR count). The SMILES string of the molecule is CC[C@@H]1CCc2sc(C(=O)O[C@@H](C)C(=O)Nc3sccc3C(N)=O)cc2C1. The number of fused-ring (bicyclic) bond motifs is 1. The van der Waals surface area contributed by atoms with Gasteiger partial charge in [0.25, 0.3) is 11.8 Å². The van der Waals surface area contributed by atoms with Crippen molar-refractivity contribution in [2.45, 2.75) is 45.6 Å². The van der Waals surface area contributed by atoms with Crippen molar-refractivity contribution in [2.75, 3.05) is 5.32 Å². The van der Waals surface area contributed by atoms with Gasteiger partial charge in [0.15, 0.2) is 6.10 Å². The Kier molecular flexibility index (Phi) is 5.96. The summed E-state index contributed by atoms with van der Waals surface area (Å²) < 4.78 is 5.33. The van der Waals surface area contributed by atoms with Gasteiger partial charge in [-0.3, -0.25) is 9.59 Å². The van der Waals surface area contributed by atoms with Crippen molar-refractivity contribution in [3.05, 3.63) is 38.4 Å². The van der Waals surface area contributed by atoms with Crippen molar-refractivity contribution in [3.8, 4) is 0 Å². The number of thiophene rings is 2. The highest BCUT2D eigenvalue weighted by Gasteiger charge is 2.25. The van der Waals surface area contributed by atoms with E-state index in [-0.39, 0.29) is 5.56 Å². The van der Waals surface area contributed by atoms with Gasteiger partial charge in [-0.25, -0.2) is 4.79 Å². The van der Waals surface area contributed by atoms with Crippen LogP contribution in [0.1, 0.15) is 57.2 Å². The molecule has 0 aromatic carbocycles. The van der Waals surface area contributed by atoms with Crippen LogP contribution >= 0.6 is 22.7 Å². The maximum absolute atomic E-state index is 12.4. The molecule has 3 N–H and O–H groups in total. The quantitative estimate of drug-likeness (QED) is 0.716. The Labute approximate surface area is 165 Å². The average Bonchev–Trinajstić information content (AvgIpc) is 3.27. The number of esters is 1. The zero-order valence-electron chi connectivity index (χ0n) is 15.2. The number of rotatable bonds is 6. The Morgan fingerprint density at radius 2 is 2.19 bits per heavy atom. The number of carbonyl (C=O) groups is 3. The number of aryl methyl sites for hydroxylation is 1. The highest BCUT2D eigenvalue weighted by Crippen LogP contribution is 2.34. The molecule has 0 bridgehead atoms. The summed E-state index contributed by atoms with van der Waals surface area (Å²) in [7, 11) is 0. The Morgan fingerprint density at radius 1 is 1.41 bits per heavy atom. The number of amides is 2. The second kappa shape index (κ2) is 8.22. The Morgan fingerprint density at radius 3 is 2.89 bits per heavy atom. The molecule has 0 unspecified atom stereocenters. The molecule has 2 atom stereocenters. The van der Waals surface area contributed by atoms with Crippen molar-refractivity contribution >= 4 is 45.5 Å². The lowest BCUT2D eigenvalue weighted by Gasteiger charge is -2.19. The molecule has 1 aliphatic carbocycles. The summed E-state index contributed by atoms with van der Waals surface area (Å²) in [6, 6.07) is 3.44. The molecular weight excluding hydrogens is 384 g/mol. The second-order valence-corrected chi connectivity index (χ2v) is 8.69.